The molecule has 11 heteroatoms. The monoisotopic (exact) mass is 396 g/mol. The first-order valence-corrected chi connectivity index (χ1v) is 8.55. The van der Waals surface area contributed by atoms with Gasteiger partial charge in [-0.25, -0.2) is 15.0 Å². The maximum Gasteiger partial charge on any atom is 1.00 e. The predicted molar refractivity (Wildman–Crippen MR) is 94.8 cm³/mol. The van der Waals surface area contributed by atoms with Gasteiger partial charge in [0, 0.05) is 12.8 Å². The molecule has 0 aliphatic carbocycles. The van der Waals surface area contributed by atoms with E-state index in [1.807, 2.05) is 0 Å². The molecule has 4 atom stereocenters. The molecule has 0 saturated carbocycles. The number of fused-ring (bicyclic) bond motifs is 1. The van der Waals surface area contributed by atoms with Gasteiger partial charge in [-0.3, -0.25) is 4.57 Å². The van der Waals surface area contributed by atoms with E-state index < -0.39 is 31.1 Å². The third kappa shape index (κ3) is 4.62. The van der Waals surface area contributed by atoms with Gasteiger partial charge in [-0.05, 0) is 18.8 Å². The molecule has 5 N–H and O–H groups in total. The zero-order valence-electron chi connectivity index (χ0n) is 16.5. The fourth-order valence-electron chi connectivity index (χ4n) is 2.85. The van der Waals surface area contributed by atoms with Gasteiger partial charge in [-0.2, -0.15) is 5.26 Å². The van der Waals surface area contributed by atoms with E-state index in [1.54, 1.807) is 0 Å². The average Bonchev–Trinajstić information content (AvgIpc) is 3.20. The Morgan fingerprint density at radius 3 is 2.68 bits per heavy atom. The number of nitriles is 1. The first-order valence-electron chi connectivity index (χ1n) is 8.55. The second-order valence-corrected chi connectivity index (χ2v) is 6.15. The molecule has 0 spiro atoms. The molecule has 0 radical (unpaired) electrons. The predicted octanol–water partition coefficient (Wildman–Crippen LogP) is -3.43. The number of rotatable bonds is 5. The standard InChI is InChI=1S/C17H20N6O4.Na.H/c18-7-5-3-1-2-4-6-11-21-15(19)12-16(22-11)23(9-20-12)17-14(26)13(25)10(8-24)27-17;;/h9-10,13-14,17,24-26H,1-3,5,8H2,(H2,19,21,22);;/q;+1;-1/t10-,13-,14-,17-;;/m1../s1. The first kappa shape index (κ1) is 22.5. The van der Waals surface area contributed by atoms with Crippen LogP contribution < -0.4 is 35.3 Å². The van der Waals surface area contributed by atoms with Crippen LogP contribution in [0.1, 0.15) is 39.2 Å². The van der Waals surface area contributed by atoms with E-state index >= 15 is 0 Å². The van der Waals surface area contributed by atoms with Crippen LogP contribution in [0.3, 0.4) is 0 Å². The van der Waals surface area contributed by atoms with Crippen LogP contribution in [0.25, 0.3) is 11.2 Å². The molecule has 3 rings (SSSR count). The molecular weight excluding hydrogens is 375 g/mol. The van der Waals surface area contributed by atoms with Gasteiger partial charge < -0.3 is 27.2 Å². The van der Waals surface area contributed by atoms with Crippen molar-refractivity contribution in [3.63, 3.8) is 0 Å². The molecule has 1 aliphatic heterocycles. The average molecular weight is 396 g/mol. The molecule has 10 nitrogen and oxygen atoms in total. The van der Waals surface area contributed by atoms with Gasteiger partial charge in [-0.15, -0.1) is 0 Å². The molecule has 2 aromatic rings. The van der Waals surface area contributed by atoms with Crippen molar-refractivity contribution in [2.75, 3.05) is 12.3 Å². The van der Waals surface area contributed by atoms with Crippen LogP contribution in [0, 0.1) is 23.2 Å². The summed E-state index contributed by atoms with van der Waals surface area (Å²) in [5.41, 5.74) is 6.57. The normalized spacial score (nSPS) is 23.6. The van der Waals surface area contributed by atoms with Gasteiger partial charge in [0.25, 0.3) is 0 Å². The van der Waals surface area contributed by atoms with Crippen molar-refractivity contribution in [2.24, 2.45) is 0 Å². The Morgan fingerprint density at radius 2 is 2.00 bits per heavy atom. The van der Waals surface area contributed by atoms with Gasteiger partial charge >= 0.3 is 29.6 Å². The molecule has 2 aromatic heterocycles. The van der Waals surface area contributed by atoms with Gasteiger partial charge in [0.2, 0.25) is 5.82 Å². The molecule has 0 unspecified atom stereocenters. The summed E-state index contributed by atoms with van der Waals surface area (Å²) >= 11 is 0. The topological polar surface area (TPSA) is 163 Å². The molecule has 1 saturated heterocycles. The quantitative estimate of drug-likeness (QED) is 0.229. The van der Waals surface area contributed by atoms with Crippen LogP contribution in [0.4, 0.5) is 5.82 Å². The Labute approximate surface area is 185 Å². The van der Waals surface area contributed by atoms with E-state index in [1.165, 1.54) is 10.9 Å². The van der Waals surface area contributed by atoms with E-state index in [4.69, 9.17) is 15.7 Å². The second kappa shape index (κ2) is 10.1. The number of nitrogens with two attached hydrogens (primary N) is 1. The number of aliphatic hydroxyl groups is 3. The summed E-state index contributed by atoms with van der Waals surface area (Å²) in [6.07, 6.45) is -0.288. The molecule has 1 aliphatic rings. The maximum atomic E-state index is 10.2. The summed E-state index contributed by atoms with van der Waals surface area (Å²) in [4.78, 5) is 12.6. The summed E-state index contributed by atoms with van der Waals surface area (Å²) in [5, 5.41) is 37.9. The molecule has 0 aromatic carbocycles. The van der Waals surface area contributed by atoms with Crippen LogP contribution in [0.5, 0.6) is 0 Å². The van der Waals surface area contributed by atoms with E-state index in [0.717, 1.165) is 12.8 Å². The van der Waals surface area contributed by atoms with Crippen LogP contribution in [-0.4, -0.2) is 59.8 Å². The Balaban J connectivity index is 0.00000210. The van der Waals surface area contributed by atoms with Gasteiger partial charge in [0.05, 0.1) is 19.0 Å². The molecule has 1 fully saturated rings. The Hall–Kier alpha value is -1.76. The van der Waals surface area contributed by atoms with Crippen LogP contribution in [0.15, 0.2) is 6.33 Å². The molecule has 28 heavy (non-hydrogen) atoms. The zero-order chi connectivity index (χ0) is 19.4. The maximum absolute atomic E-state index is 10.2. The third-order valence-corrected chi connectivity index (χ3v) is 4.28. The Morgan fingerprint density at radius 1 is 1.25 bits per heavy atom. The molecule has 3 heterocycles. The van der Waals surface area contributed by atoms with Crippen molar-refractivity contribution in [2.45, 2.75) is 50.2 Å². The van der Waals surface area contributed by atoms with Crippen LogP contribution in [0.2, 0.25) is 0 Å². The number of hydrogen-bond acceptors (Lipinski definition) is 9. The largest absolute Gasteiger partial charge is 1.00 e. The van der Waals surface area contributed by atoms with Gasteiger partial charge in [0.1, 0.15) is 23.8 Å². The van der Waals surface area contributed by atoms with Gasteiger partial charge in [0.15, 0.2) is 17.7 Å². The number of ether oxygens (including phenoxy) is 1. The van der Waals surface area contributed by atoms with Crippen LogP contribution in [-0.2, 0) is 4.74 Å². The second-order valence-electron chi connectivity index (χ2n) is 6.15. The summed E-state index contributed by atoms with van der Waals surface area (Å²) < 4.78 is 6.95. The van der Waals surface area contributed by atoms with Gasteiger partial charge in [-0.1, -0.05) is 5.92 Å². The SMILES string of the molecule is N#CCCCCC#Cc1nc(N)c2ncn([C@@H]3O[C@H](CO)[C@@H](O)[C@H]3O)c2n1.[H-].[Na+]. The molecule has 0 bridgehead atoms. The van der Waals surface area contributed by atoms with Crippen molar-refractivity contribution in [1.82, 2.24) is 19.5 Å². The number of unbranched alkanes of at least 4 members (excludes halogenated alkanes) is 3. The smallest absolute Gasteiger partial charge is 1.00 e. The number of hydrogen-bond donors (Lipinski definition) is 4. The summed E-state index contributed by atoms with van der Waals surface area (Å²) in [5.74, 6) is 6.12. The van der Waals surface area contributed by atoms with E-state index in [9.17, 15) is 15.3 Å². The molecule has 144 valence electrons. The fraction of sp³-hybridized carbons (Fsp3) is 0.529. The van der Waals surface area contributed by atoms with Crippen molar-refractivity contribution in [1.29, 1.82) is 5.26 Å². The zero-order valence-corrected chi connectivity index (χ0v) is 17.5. The van der Waals surface area contributed by atoms with E-state index in [-0.39, 0.29) is 42.6 Å². The van der Waals surface area contributed by atoms with E-state index in [0.29, 0.717) is 24.0 Å². The van der Waals surface area contributed by atoms with E-state index in [2.05, 4.69) is 32.9 Å². The summed E-state index contributed by atoms with van der Waals surface area (Å²) in [6.45, 7) is -0.430. The minimum atomic E-state index is -1.26. The molecule has 0 amide bonds. The number of aliphatic hydroxyl groups excluding tert-OH is 3. The summed E-state index contributed by atoms with van der Waals surface area (Å²) in [6, 6.07) is 2.08. The number of nitrogen functional groups attached to an aromatic ring is 1. The third-order valence-electron chi connectivity index (χ3n) is 4.28. The number of nitrogens with zero attached hydrogens (tertiary/aromatic N) is 5. The van der Waals surface area contributed by atoms with Crippen molar-refractivity contribution >= 4 is 17.0 Å². The number of imidazole rings is 1. The van der Waals surface area contributed by atoms with Crippen molar-refractivity contribution in [3.05, 3.63) is 12.2 Å². The fourth-order valence-corrected chi connectivity index (χ4v) is 2.85. The van der Waals surface area contributed by atoms with Crippen LogP contribution >= 0.6 is 0 Å². The van der Waals surface area contributed by atoms with Crippen molar-refractivity contribution < 1.29 is 51.0 Å². The number of aromatic nitrogens is 4. The first-order chi connectivity index (χ1) is 13.1. The Kier molecular flexibility index (Phi) is 8.16. The number of anilines is 1. The summed E-state index contributed by atoms with van der Waals surface area (Å²) in [7, 11) is 0. The minimum absolute atomic E-state index is 0. The van der Waals surface area contributed by atoms with Crippen molar-refractivity contribution in [3.8, 4) is 17.9 Å². The Bertz CT molecular complexity index is 924. The minimum Gasteiger partial charge on any atom is -1.00 e. The molecular formula is C17H21N6NaO4.